The van der Waals surface area contributed by atoms with Crippen molar-refractivity contribution in [3.63, 3.8) is 0 Å². The van der Waals surface area contributed by atoms with E-state index in [1.54, 1.807) is 23.9 Å². The largest absolute Gasteiger partial charge is 0.416 e. The third kappa shape index (κ3) is 4.95. The van der Waals surface area contributed by atoms with E-state index < -0.39 is 17.6 Å². The molecule has 3 aliphatic rings. The van der Waals surface area contributed by atoms with Crippen molar-refractivity contribution in [3.05, 3.63) is 59.2 Å². The lowest BCUT2D eigenvalue weighted by Crippen LogP contribution is -2.23. The number of nitrogens with zero attached hydrogens (tertiary/aromatic N) is 4. The first-order valence-corrected chi connectivity index (χ1v) is 12.7. The SMILES string of the molecule is Cn1c(SCCCN2CC[C@]3(CC3c3ccc(C(F)(F)F)cc3F)C2)nnc1C1=CC=CC(=O)C1. The fourth-order valence-electron chi connectivity index (χ4n) is 5.30. The van der Waals surface area contributed by atoms with Gasteiger partial charge in [0.15, 0.2) is 16.8 Å². The summed E-state index contributed by atoms with van der Waals surface area (Å²) in [5.74, 6) is 0.884. The highest BCUT2D eigenvalue weighted by atomic mass is 32.2. The molecule has 2 aromatic rings. The molecule has 1 unspecified atom stereocenters. The number of rotatable bonds is 7. The van der Waals surface area contributed by atoms with Gasteiger partial charge in [-0.25, -0.2) is 4.39 Å². The summed E-state index contributed by atoms with van der Waals surface area (Å²) in [6, 6.07) is 2.94. The molecular formula is C25H26F4N4OS. The van der Waals surface area contributed by atoms with Gasteiger partial charge in [-0.05, 0) is 67.5 Å². The number of hydrogen-bond acceptors (Lipinski definition) is 5. The first-order chi connectivity index (χ1) is 16.7. The molecule has 1 aliphatic heterocycles. The Balaban J connectivity index is 1.10. The van der Waals surface area contributed by atoms with Crippen molar-refractivity contribution in [3.8, 4) is 0 Å². The zero-order chi connectivity index (χ0) is 24.8. The normalized spacial score (nSPS) is 24.4. The first-order valence-electron chi connectivity index (χ1n) is 11.7. The van der Waals surface area contributed by atoms with Crippen LogP contribution in [0, 0.1) is 11.2 Å². The molecule has 1 saturated carbocycles. The molecule has 2 atom stereocenters. The fourth-order valence-corrected chi connectivity index (χ4v) is 6.14. The zero-order valence-electron chi connectivity index (χ0n) is 19.3. The summed E-state index contributed by atoms with van der Waals surface area (Å²) >= 11 is 1.63. The highest BCUT2D eigenvalue weighted by molar-refractivity contribution is 7.99. The molecule has 1 spiro atoms. The quantitative estimate of drug-likeness (QED) is 0.292. The lowest BCUT2D eigenvalue weighted by molar-refractivity contribution is -0.137. The predicted molar refractivity (Wildman–Crippen MR) is 125 cm³/mol. The van der Waals surface area contributed by atoms with Crippen LogP contribution in [0.3, 0.4) is 0 Å². The van der Waals surface area contributed by atoms with E-state index in [2.05, 4.69) is 15.1 Å². The molecule has 35 heavy (non-hydrogen) atoms. The standard InChI is InChI=1S/C25H26F4N4OS/c1-32-22(16-4-2-5-18(34)12-16)30-31-23(32)35-11-3-9-33-10-8-24(15-33)14-20(24)19-7-6-17(13-21(19)26)25(27,28)29/h2,4-7,13,20H,3,8-12,14-15H2,1H3/t20?,24-/m0/s1. The van der Waals surface area contributed by atoms with Crippen LogP contribution in [0.25, 0.3) is 5.57 Å². The number of carbonyl (C=O) groups is 1. The number of hydrogen-bond donors (Lipinski definition) is 0. The van der Waals surface area contributed by atoms with E-state index in [0.717, 1.165) is 61.4 Å². The Morgan fingerprint density at radius 3 is 2.83 bits per heavy atom. The van der Waals surface area contributed by atoms with Crippen molar-refractivity contribution in [2.75, 3.05) is 25.4 Å². The van der Waals surface area contributed by atoms with Crippen molar-refractivity contribution in [2.45, 2.75) is 42.9 Å². The van der Waals surface area contributed by atoms with Gasteiger partial charge < -0.3 is 9.47 Å². The third-order valence-corrected chi connectivity index (χ3v) is 8.38. The van der Waals surface area contributed by atoms with Crippen LogP contribution >= 0.6 is 11.8 Å². The third-order valence-electron chi connectivity index (χ3n) is 7.27. The maximum Gasteiger partial charge on any atom is 0.416 e. The van der Waals surface area contributed by atoms with E-state index in [1.165, 1.54) is 6.07 Å². The Kier molecular flexibility index (Phi) is 6.37. The number of ketones is 1. The summed E-state index contributed by atoms with van der Waals surface area (Å²) < 4.78 is 54.9. The maximum atomic E-state index is 14.4. The van der Waals surface area contributed by atoms with Gasteiger partial charge >= 0.3 is 6.18 Å². The second kappa shape index (κ2) is 9.20. The van der Waals surface area contributed by atoms with Gasteiger partial charge in [0.25, 0.3) is 0 Å². The smallest absolute Gasteiger partial charge is 0.305 e. The van der Waals surface area contributed by atoms with Gasteiger partial charge in [-0.15, -0.1) is 10.2 Å². The van der Waals surface area contributed by atoms with Crippen LogP contribution in [0.4, 0.5) is 17.6 Å². The van der Waals surface area contributed by atoms with Crippen molar-refractivity contribution in [1.29, 1.82) is 0 Å². The summed E-state index contributed by atoms with van der Waals surface area (Å²) in [5, 5.41) is 9.33. The number of halogens is 4. The number of carbonyl (C=O) groups excluding carboxylic acids is 1. The average Bonchev–Trinajstić information content (AvgIpc) is 3.13. The minimum Gasteiger partial charge on any atom is -0.305 e. The highest BCUT2D eigenvalue weighted by Gasteiger charge is 2.58. The molecule has 2 fully saturated rings. The molecular weight excluding hydrogens is 480 g/mol. The van der Waals surface area contributed by atoms with E-state index in [4.69, 9.17) is 0 Å². The van der Waals surface area contributed by atoms with Crippen LogP contribution in [0.5, 0.6) is 0 Å². The molecule has 2 aliphatic carbocycles. The molecule has 2 heterocycles. The molecule has 5 rings (SSSR count). The lowest BCUT2D eigenvalue weighted by Gasteiger charge is -2.16. The average molecular weight is 507 g/mol. The molecule has 186 valence electrons. The van der Waals surface area contributed by atoms with Crippen molar-refractivity contribution < 1.29 is 22.4 Å². The molecule has 1 aromatic carbocycles. The summed E-state index contributed by atoms with van der Waals surface area (Å²) in [6.45, 7) is 2.69. The second-order valence-corrected chi connectivity index (χ2v) is 10.7. The Hall–Kier alpha value is -2.46. The number of aromatic nitrogens is 3. The van der Waals surface area contributed by atoms with Crippen molar-refractivity contribution in [2.24, 2.45) is 12.5 Å². The fraction of sp³-hybridized carbons (Fsp3) is 0.480. The molecule has 0 radical (unpaired) electrons. The van der Waals surface area contributed by atoms with Crippen molar-refractivity contribution >= 4 is 23.1 Å². The van der Waals surface area contributed by atoms with E-state index >= 15 is 0 Å². The summed E-state index contributed by atoms with van der Waals surface area (Å²) in [5.41, 5.74) is 0.338. The minimum absolute atomic E-state index is 0.00274. The maximum absolute atomic E-state index is 14.4. The molecule has 0 bridgehead atoms. The topological polar surface area (TPSA) is 51.0 Å². The van der Waals surface area contributed by atoms with Crippen LogP contribution in [0.2, 0.25) is 0 Å². The number of thioether (sulfide) groups is 1. The van der Waals surface area contributed by atoms with Crippen LogP contribution in [-0.2, 0) is 18.0 Å². The van der Waals surface area contributed by atoms with Gasteiger partial charge in [0.1, 0.15) is 5.82 Å². The number of alkyl halides is 3. The Morgan fingerprint density at radius 1 is 1.26 bits per heavy atom. The molecule has 5 nitrogen and oxygen atoms in total. The molecule has 1 aromatic heterocycles. The van der Waals surface area contributed by atoms with E-state index in [1.807, 2.05) is 17.7 Å². The summed E-state index contributed by atoms with van der Waals surface area (Å²) in [4.78, 5) is 14.0. The Morgan fingerprint density at radius 2 is 2.09 bits per heavy atom. The molecule has 0 amide bonds. The van der Waals surface area contributed by atoms with Crippen LogP contribution in [-0.4, -0.2) is 50.8 Å². The molecule has 1 saturated heterocycles. The number of benzene rings is 1. The lowest BCUT2D eigenvalue weighted by atomic mass is 9.97. The Labute approximate surface area is 205 Å². The van der Waals surface area contributed by atoms with E-state index in [-0.39, 0.29) is 17.1 Å². The Bertz CT molecular complexity index is 1200. The molecule has 0 N–H and O–H groups in total. The van der Waals surface area contributed by atoms with Gasteiger partial charge in [-0.2, -0.15) is 13.2 Å². The monoisotopic (exact) mass is 506 g/mol. The van der Waals surface area contributed by atoms with Gasteiger partial charge in [0, 0.05) is 31.3 Å². The van der Waals surface area contributed by atoms with E-state index in [9.17, 15) is 22.4 Å². The van der Waals surface area contributed by atoms with Crippen LogP contribution < -0.4 is 0 Å². The van der Waals surface area contributed by atoms with Gasteiger partial charge in [-0.1, -0.05) is 30.0 Å². The molecule has 10 heteroatoms. The van der Waals surface area contributed by atoms with Gasteiger partial charge in [0.2, 0.25) is 0 Å². The van der Waals surface area contributed by atoms with Crippen LogP contribution in [0.15, 0.2) is 41.6 Å². The highest BCUT2D eigenvalue weighted by Crippen LogP contribution is 2.64. The first kappa shape index (κ1) is 24.2. The van der Waals surface area contributed by atoms with Gasteiger partial charge in [0.05, 0.1) is 5.56 Å². The van der Waals surface area contributed by atoms with Gasteiger partial charge in [-0.3, -0.25) is 4.79 Å². The number of allylic oxidation sites excluding steroid dienone is 4. The second-order valence-electron chi connectivity index (χ2n) is 9.64. The van der Waals surface area contributed by atoms with Crippen LogP contribution in [0.1, 0.15) is 48.6 Å². The predicted octanol–water partition coefficient (Wildman–Crippen LogP) is 5.25. The number of likely N-dealkylation sites (tertiary alicyclic amines) is 1. The summed E-state index contributed by atoms with van der Waals surface area (Å²) in [7, 11) is 1.90. The summed E-state index contributed by atoms with van der Waals surface area (Å²) in [6.07, 6.45) is 3.72. The van der Waals surface area contributed by atoms with E-state index in [0.29, 0.717) is 23.9 Å². The van der Waals surface area contributed by atoms with Crippen molar-refractivity contribution in [1.82, 2.24) is 19.7 Å². The minimum atomic E-state index is -4.53. The zero-order valence-corrected chi connectivity index (χ0v) is 20.1.